The Morgan fingerprint density at radius 1 is 0.192 bits per heavy atom. The van der Waals surface area contributed by atoms with Gasteiger partial charge in [0.1, 0.15) is 22.3 Å². The van der Waals surface area contributed by atoms with Crippen LogP contribution in [0.25, 0.3) is 284 Å². The van der Waals surface area contributed by atoms with Crippen LogP contribution >= 0.6 is 22.7 Å². The van der Waals surface area contributed by atoms with E-state index in [-0.39, 0.29) is 0 Å². The summed E-state index contributed by atoms with van der Waals surface area (Å²) < 4.78 is 24.4. The molecule has 10 nitrogen and oxygen atoms in total. The summed E-state index contributed by atoms with van der Waals surface area (Å²) in [4.78, 5) is 34.3. The average molecular weight is 1690 g/mol. The zero-order valence-corrected chi connectivity index (χ0v) is 70.9. The van der Waals surface area contributed by atoms with Crippen LogP contribution in [0.15, 0.2) is 409 Å². The zero-order valence-electron chi connectivity index (χ0n) is 69.3. The highest BCUT2D eigenvalue weighted by Gasteiger charge is 2.32. The molecule has 0 N–H and O–H groups in total. The molecule has 0 radical (unpaired) electrons. The molecule has 8 heterocycles. The number of hydrogen-bond acceptors (Lipinski definition) is 10. The van der Waals surface area contributed by atoms with Crippen LogP contribution in [0.4, 0.5) is 0 Å². The first-order valence-electron chi connectivity index (χ1n) is 43.8. The van der Waals surface area contributed by atoms with Crippen molar-refractivity contribution in [3.63, 3.8) is 0 Å². The molecule has 0 amide bonds. The van der Waals surface area contributed by atoms with Crippen LogP contribution < -0.4 is 0 Å². The molecule has 0 spiro atoms. The third-order valence-corrected chi connectivity index (χ3v) is 28.8. The number of aromatic nitrogens is 8. The summed E-state index contributed by atoms with van der Waals surface area (Å²) in [6, 6.07) is 144. The normalized spacial score (nSPS) is 12.2. The van der Waals surface area contributed by atoms with Gasteiger partial charge in [-0.3, -0.25) is 0 Å². The van der Waals surface area contributed by atoms with E-state index in [0.29, 0.717) is 34.9 Å². The highest BCUT2D eigenvalue weighted by atomic mass is 32.1. The molecule has 0 fully saturated rings. The lowest BCUT2D eigenvalue weighted by molar-refractivity contribution is 0.672. The number of benzene rings is 20. The maximum absolute atomic E-state index is 7.57. The molecule has 0 atom stereocenters. The quantitative estimate of drug-likeness (QED) is 0.126. The summed E-state index contributed by atoms with van der Waals surface area (Å²) >= 11 is 3.59. The molecule has 0 aliphatic carbocycles. The summed E-state index contributed by atoms with van der Waals surface area (Å²) in [7, 11) is 0. The minimum Gasteiger partial charge on any atom is -0.455 e. The fraction of sp³-hybridized carbons (Fsp3) is 0. The number of rotatable bonds is 11. The number of fused-ring (bicyclic) bond motifs is 24. The van der Waals surface area contributed by atoms with E-state index in [9.17, 15) is 0 Å². The predicted octanol–water partition coefficient (Wildman–Crippen LogP) is 32.4. The van der Waals surface area contributed by atoms with Gasteiger partial charge in [-0.2, -0.15) is 0 Å². The summed E-state index contributed by atoms with van der Waals surface area (Å²) in [5.74, 6) is 3.22. The Kier molecular flexibility index (Phi) is 15.8. The van der Waals surface area contributed by atoms with Crippen LogP contribution in [0.2, 0.25) is 0 Å². The molecule has 0 aliphatic heterocycles. The van der Waals surface area contributed by atoms with Gasteiger partial charge in [-0.15, -0.1) is 22.7 Å². The van der Waals surface area contributed by atoms with Crippen LogP contribution in [0.5, 0.6) is 0 Å². The second kappa shape index (κ2) is 28.3. The molecule has 28 aromatic rings. The average Bonchev–Trinajstić information content (AvgIpc) is 1.49. The van der Waals surface area contributed by atoms with E-state index in [1.807, 2.05) is 0 Å². The van der Waals surface area contributed by atoms with Crippen molar-refractivity contribution in [2.75, 3.05) is 0 Å². The standard InChI is InChI=1S/C118H66N8O2S2/c1-2-23-67(24-3-1)72-31-21-33-78(60-72)114-120-116(80-53-58-104-94(64-80)86-38-14-19-46-102(86)130-104)124-118(123-114)108-88-41-22-40-81(105(88)112-107(87-39-12-17-44-99(87)127-112)110(108)126-96-43-16-11-36-84(96)92-62-74-27-5-7-29-76(74)66-98(92)126)77-32-20-30-71(59-77)68-47-49-70(50-48-68)113-119-115(79-52-57-103-93(63-79)85-37-13-18-45-101(85)129-103)122-117(121-113)90-55-56-100-106(89-54-51-69-25-8-9-34-82(69)111(89)128-100)109(90)125-95-42-15-10-35-83(95)91-61-73-26-4-6-28-75(73)65-97(91)125/h1-66H. The van der Waals surface area contributed by atoms with Gasteiger partial charge in [-0.1, -0.05) is 279 Å². The van der Waals surface area contributed by atoms with Crippen LogP contribution in [-0.4, -0.2) is 39.0 Å². The Morgan fingerprint density at radius 3 is 1.27 bits per heavy atom. The number of thiophene rings is 2. The maximum atomic E-state index is 7.57. The van der Waals surface area contributed by atoms with Crippen molar-refractivity contribution >= 4 is 194 Å². The Labute approximate surface area is 749 Å². The molecule has 130 heavy (non-hydrogen) atoms. The number of furan rings is 2. The predicted molar refractivity (Wildman–Crippen MR) is 541 cm³/mol. The zero-order chi connectivity index (χ0) is 84.9. The molecule has 0 bridgehead atoms. The maximum Gasteiger partial charge on any atom is 0.166 e. The van der Waals surface area contributed by atoms with Crippen molar-refractivity contribution in [3.05, 3.63) is 400 Å². The fourth-order valence-corrected chi connectivity index (χ4v) is 22.7. The number of para-hydroxylation sites is 3. The topological polar surface area (TPSA) is 113 Å². The van der Waals surface area contributed by atoms with Gasteiger partial charge < -0.3 is 18.0 Å². The minimum atomic E-state index is 0.513. The molecule has 20 aromatic carbocycles. The monoisotopic (exact) mass is 1690 g/mol. The first-order valence-corrected chi connectivity index (χ1v) is 45.4. The lowest BCUT2D eigenvalue weighted by atomic mass is 9.90. The SMILES string of the molecule is c1ccc(-c2cccc(-c3nc(-c4ccc5sc6ccccc6c5c4)nc(-c4c(-n5c6ccccc6c6cc7ccccc7cc65)c5c6ccccc6oc5c5c(-c6cccc(-c7ccc(-c8nc(-c9ccc%10sc%11ccccc%11c%10c9)nc(-c9ccc%10oc%11c%12ccccc%12ccc%11c%10c9-n9c%10ccccc%10c%10cc%11ccccc%11cc%109)n8)cc7)c6)cccc45)n3)c2)cc1. The van der Waals surface area contributed by atoms with E-state index in [1.54, 1.807) is 22.7 Å². The van der Waals surface area contributed by atoms with Gasteiger partial charge in [-0.25, -0.2) is 29.9 Å². The van der Waals surface area contributed by atoms with E-state index >= 15 is 0 Å². The largest absolute Gasteiger partial charge is 0.455 e. The summed E-state index contributed by atoms with van der Waals surface area (Å²) in [6.45, 7) is 0. The van der Waals surface area contributed by atoms with Gasteiger partial charge in [0.15, 0.2) is 34.9 Å². The van der Waals surface area contributed by atoms with Crippen LogP contribution in [0, 0.1) is 0 Å². The molecule has 8 aromatic heterocycles. The summed E-state index contributed by atoms with van der Waals surface area (Å²) in [5, 5.41) is 21.6. The Bertz CT molecular complexity index is 9740. The van der Waals surface area contributed by atoms with Gasteiger partial charge in [-0.05, 0) is 187 Å². The first kappa shape index (κ1) is 72.4. The Balaban J connectivity index is 0.656. The summed E-state index contributed by atoms with van der Waals surface area (Å²) in [5.41, 5.74) is 20.3. The highest BCUT2D eigenvalue weighted by Crippen LogP contribution is 2.53. The van der Waals surface area contributed by atoms with E-state index in [4.69, 9.17) is 38.7 Å². The van der Waals surface area contributed by atoms with Gasteiger partial charge in [0.05, 0.1) is 49.8 Å². The van der Waals surface area contributed by atoms with Crippen LogP contribution in [0.1, 0.15) is 0 Å². The molecule has 0 saturated carbocycles. The van der Waals surface area contributed by atoms with Gasteiger partial charge in [0.2, 0.25) is 0 Å². The smallest absolute Gasteiger partial charge is 0.166 e. The summed E-state index contributed by atoms with van der Waals surface area (Å²) in [6.07, 6.45) is 0. The Hall–Kier alpha value is -16.9. The van der Waals surface area contributed by atoms with Crippen LogP contribution in [-0.2, 0) is 0 Å². The second-order valence-corrected chi connectivity index (χ2v) is 36.0. The van der Waals surface area contributed by atoms with Gasteiger partial charge in [0.25, 0.3) is 0 Å². The molecule has 28 rings (SSSR count). The lowest BCUT2D eigenvalue weighted by Crippen LogP contribution is -2.05. The molecule has 12 heteroatoms. The molecule has 602 valence electrons. The first-order chi connectivity index (χ1) is 64.4. The van der Waals surface area contributed by atoms with Gasteiger partial charge >= 0.3 is 0 Å². The third kappa shape index (κ3) is 11.2. The lowest BCUT2D eigenvalue weighted by Gasteiger charge is -2.20. The highest BCUT2D eigenvalue weighted by molar-refractivity contribution is 7.26. The van der Waals surface area contributed by atoms with Crippen molar-refractivity contribution in [1.82, 2.24) is 39.0 Å². The van der Waals surface area contributed by atoms with Crippen molar-refractivity contribution < 1.29 is 8.83 Å². The van der Waals surface area contributed by atoms with Crippen LogP contribution in [0.3, 0.4) is 0 Å². The van der Waals surface area contributed by atoms with E-state index in [2.05, 4.69) is 410 Å². The molecular formula is C118H66N8O2S2. The van der Waals surface area contributed by atoms with E-state index in [0.717, 1.165) is 214 Å². The van der Waals surface area contributed by atoms with Crippen molar-refractivity contribution in [2.24, 2.45) is 0 Å². The molecule has 0 aliphatic rings. The third-order valence-electron chi connectivity index (χ3n) is 26.5. The fourth-order valence-electron chi connectivity index (χ4n) is 20.6. The number of hydrogen-bond donors (Lipinski definition) is 0. The molecule has 0 unspecified atom stereocenters. The molecule has 0 saturated heterocycles. The van der Waals surface area contributed by atoms with E-state index < -0.39 is 0 Å². The Morgan fingerprint density at radius 2 is 0.631 bits per heavy atom. The van der Waals surface area contributed by atoms with Crippen molar-refractivity contribution in [3.8, 4) is 113 Å². The van der Waals surface area contributed by atoms with Crippen molar-refractivity contribution in [1.29, 1.82) is 0 Å². The number of nitrogens with zero attached hydrogens (tertiary/aromatic N) is 8. The van der Waals surface area contributed by atoms with E-state index in [1.165, 1.54) is 35.0 Å². The van der Waals surface area contributed by atoms with Gasteiger partial charge in [0, 0.05) is 111 Å². The molecular weight excluding hydrogens is 1630 g/mol. The second-order valence-electron chi connectivity index (χ2n) is 33.8. The minimum absolute atomic E-state index is 0.513. The van der Waals surface area contributed by atoms with Crippen molar-refractivity contribution in [2.45, 2.75) is 0 Å².